The number of carbonyl (C=O) groups is 2. The van der Waals surface area contributed by atoms with Crippen molar-refractivity contribution in [2.75, 3.05) is 39.0 Å². The van der Waals surface area contributed by atoms with Crippen LogP contribution in [0.1, 0.15) is 25.8 Å². The van der Waals surface area contributed by atoms with E-state index in [4.69, 9.17) is 4.74 Å². The van der Waals surface area contributed by atoms with Crippen LogP contribution in [0.3, 0.4) is 0 Å². The van der Waals surface area contributed by atoms with Crippen LogP contribution in [0.4, 0.5) is 0 Å². The normalized spacial score (nSPS) is 15.2. The van der Waals surface area contributed by atoms with E-state index in [-0.39, 0.29) is 11.8 Å². The van der Waals surface area contributed by atoms with E-state index in [1.165, 1.54) is 0 Å². The summed E-state index contributed by atoms with van der Waals surface area (Å²) in [5.41, 5.74) is 0.903. The van der Waals surface area contributed by atoms with Crippen LogP contribution in [0.25, 0.3) is 0 Å². The van der Waals surface area contributed by atoms with Crippen molar-refractivity contribution < 1.29 is 14.3 Å². The summed E-state index contributed by atoms with van der Waals surface area (Å²) in [4.78, 5) is 28.7. The summed E-state index contributed by atoms with van der Waals surface area (Å²) in [6, 6.07) is 7.61. The Bertz CT molecular complexity index is 592. The molecular formula is C19H28N2O3S. The van der Waals surface area contributed by atoms with Gasteiger partial charge in [0.1, 0.15) is 5.75 Å². The lowest BCUT2D eigenvalue weighted by molar-refractivity contribution is -0.132. The van der Waals surface area contributed by atoms with Gasteiger partial charge >= 0.3 is 0 Å². The molecule has 25 heavy (non-hydrogen) atoms. The number of rotatable bonds is 6. The lowest BCUT2D eigenvalue weighted by atomic mass is 10.1. The molecule has 6 heteroatoms. The Hall–Kier alpha value is -1.69. The third-order valence-corrected chi connectivity index (χ3v) is 5.36. The maximum absolute atomic E-state index is 12.6. The van der Waals surface area contributed by atoms with E-state index in [1.54, 1.807) is 18.9 Å². The summed E-state index contributed by atoms with van der Waals surface area (Å²) in [7, 11) is 1.62. The van der Waals surface area contributed by atoms with Gasteiger partial charge in [0.05, 0.1) is 19.3 Å². The number of thioether (sulfide) groups is 1. The van der Waals surface area contributed by atoms with E-state index < -0.39 is 0 Å². The minimum Gasteiger partial charge on any atom is -0.496 e. The number of hydrogen-bond donors (Lipinski definition) is 0. The zero-order chi connectivity index (χ0) is 18.2. The summed E-state index contributed by atoms with van der Waals surface area (Å²) in [6.07, 6.45) is 1.16. The van der Waals surface area contributed by atoms with Crippen LogP contribution in [0.5, 0.6) is 5.75 Å². The quantitative estimate of drug-likeness (QED) is 0.778. The molecule has 1 saturated heterocycles. The van der Waals surface area contributed by atoms with Crippen LogP contribution in [-0.4, -0.2) is 65.9 Å². The van der Waals surface area contributed by atoms with E-state index >= 15 is 0 Å². The Labute approximate surface area is 154 Å². The molecule has 1 heterocycles. The van der Waals surface area contributed by atoms with Gasteiger partial charge in [0.15, 0.2) is 0 Å². The Morgan fingerprint density at radius 3 is 2.36 bits per heavy atom. The van der Waals surface area contributed by atoms with Crippen molar-refractivity contribution in [1.82, 2.24) is 9.80 Å². The van der Waals surface area contributed by atoms with Crippen LogP contribution in [0, 0.1) is 0 Å². The number of amides is 2. The van der Waals surface area contributed by atoms with Gasteiger partial charge in [-0.25, -0.2) is 0 Å². The summed E-state index contributed by atoms with van der Waals surface area (Å²) in [6.45, 7) is 6.85. The van der Waals surface area contributed by atoms with Gasteiger partial charge in [0, 0.05) is 31.7 Å². The summed E-state index contributed by atoms with van der Waals surface area (Å²) in [5.74, 6) is 1.54. The predicted molar refractivity (Wildman–Crippen MR) is 102 cm³/mol. The first-order valence-electron chi connectivity index (χ1n) is 8.80. The molecule has 0 saturated carbocycles. The molecule has 0 bridgehead atoms. The molecule has 0 radical (unpaired) electrons. The van der Waals surface area contributed by atoms with Gasteiger partial charge in [0.2, 0.25) is 11.8 Å². The summed E-state index contributed by atoms with van der Waals surface area (Å²) in [5, 5.41) is 0.454. The molecule has 0 spiro atoms. The van der Waals surface area contributed by atoms with Gasteiger partial charge in [-0.05, 0) is 17.7 Å². The number of ether oxygens (including phenoxy) is 1. The highest BCUT2D eigenvalue weighted by Crippen LogP contribution is 2.19. The average Bonchev–Trinajstić information content (AvgIpc) is 2.86. The first-order valence-corrected chi connectivity index (χ1v) is 9.85. The third kappa shape index (κ3) is 5.96. The standard InChI is InChI=1S/C19H28N2O3S/c1-15(2)25-14-19(23)21-10-6-9-20(11-12-21)18(22)13-16-7-4-5-8-17(16)24-3/h4-5,7-8,15H,6,9-14H2,1-3H3. The average molecular weight is 365 g/mol. The first kappa shape index (κ1) is 19.6. The molecule has 1 fully saturated rings. The zero-order valence-corrected chi connectivity index (χ0v) is 16.2. The Morgan fingerprint density at radius 2 is 1.72 bits per heavy atom. The van der Waals surface area contributed by atoms with Crippen LogP contribution >= 0.6 is 11.8 Å². The number of benzene rings is 1. The SMILES string of the molecule is COc1ccccc1CC(=O)N1CCCN(C(=O)CSC(C)C)CC1. The van der Waals surface area contributed by atoms with Crippen LogP contribution in [0.2, 0.25) is 0 Å². The molecule has 2 rings (SSSR count). The summed E-state index contributed by atoms with van der Waals surface area (Å²) >= 11 is 1.67. The second-order valence-electron chi connectivity index (χ2n) is 6.46. The van der Waals surface area contributed by atoms with Crippen LogP contribution in [-0.2, 0) is 16.0 Å². The van der Waals surface area contributed by atoms with E-state index in [9.17, 15) is 9.59 Å². The van der Waals surface area contributed by atoms with Crippen molar-refractivity contribution >= 4 is 23.6 Å². The van der Waals surface area contributed by atoms with Crippen molar-refractivity contribution in [3.8, 4) is 5.75 Å². The molecule has 0 aliphatic carbocycles. The van der Waals surface area contributed by atoms with E-state index in [0.717, 1.165) is 24.3 Å². The van der Waals surface area contributed by atoms with Gasteiger partial charge in [-0.1, -0.05) is 32.0 Å². The van der Waals surface area contributed by atoms with E-state index in [2.05, 4.69) is 13.8 Å². The highest BCUT2D eigenvalue weighted by molar-refractivity contribution is 8.00. The fraction of sp³-hybridized carbons (Fsp3) is 0.579. The number of methoxy groups -OCH3 is 1. The topological polar surface area (TPSA) is 49.9 Å². The minimum atomic E-state index is 0.0929. The molecule has 2 amide bonds. The molecular weight excluding hydrogens is 336 g/mol. The second kappa shape index (κ2) is 9.70. The van der Waals surface area contributed by atoms with Crippen molar-refractivity contribution in [3.05, 3.63) is 29.8 Å². The molecule has 0 N–H and O–H groups in total. The van der Waals surface area contributed by atoms with E-state index in [0.29, 0.717) is 37.1 Å². The van der Waals surface area contributed by atoms with Crippen molar-refractivity contribution in [1.29, 1.82) is 0 Å². The van der Waals surface area contributed by atoms with Gasteiger partial charge in [0.25, 0.3) is 0 Å². The smallest absolute Gasteiger partial charge is 0.232 e. The van der Waals surface area contributed by atoms with Gasteiger partial charge in [-0.15, -0.1) is 11.8 Å². The molecule has 5 nitrogen and oxygen atoms in total. The molecule has 138 valence electrons. The largest absolute Gasteiger partial charge is 0.496 e. The fourth-order valence-corrected chi connectivity index (χ4v) is 3.53. The van der Waals surface area contributed by atoms with Gasteiger partial charge < -0.3 is 14.5 Å². The Morgan fingerprint density at radius 1 is 1.08 bits per heavy atom. The Kier molecular flexibility index (Phi) is 7.62. The monoisotopic (exact) mass is 364 g/mol. The second-order valence-corrected chi connectivity index (χ2v) is 8.03. The maximum atomic E-state index is 12.6. The molecule has 1 aliphatic heterocycles. The number of hydrogen-bond acceptors (Lipinski definition) is 4. The minimum absolute atomic E-state index is 0.0929. The molecule has 0 atom stereocenters. The number of carbonyl (C=O) groups excluding carboxylic acids is 2. The highest BCUT2D eigenvalue weighted by atomic mass is 32.2. The number of para-hydroxylation sites is 1. The molecule has 0 unspecified atom stereocenters. The van der Waals surface area contributed by atoms with Gasteiger partial charge in [-0.2, -0.15) is 0 Å². The molecule has 1 aromatic rings. The lowest BCUT2D eigenvalue weighted by Crippen LogP contribution is -2.38. The third-order valence-electron chi connectivity index (χ3n) is 4.28. The van der Waals surface area contributed by atoms with Crippen molar-refractivity contribution in [2.24, 2.45) is 0 Å². The van der Waals surface area contributed by atoms with E-state index in [1.807, 2.05) is 34.1 Å². The predicted octanol–water partition coefficient (Wildman–Crippen LogP) is 2.44. The highest BCUT2D eigenvalue weighted by Gasteiger charge is 2.22. The van der Waals surface area contributed by atoms with Gasteiger partial charge in [-0.3, -0.25) is 9.59 Å². The maximum Gasteiger partial charge on any atom is 0.232 e. The fourth-order valence-electron chi connectivity index (χ4n) is 2.87. The van der Waals surface area contributed by atoms with Crippen LogP contribution < -0.4 is 4.74 Å². The van der Waals surface area contributed by atoms with Crippen LogP contribution in [0.15, 0.2) is 24.3 Å². The molecule has 0 aromatic heterocycles. The lowest BCUT2D eigenvalue weighted by Gasteiger charge is -2.22. The van der Waals surface area contributed by atoms with Crippen molar-refractivity contribution in [2.45, 2.75) is 31.9 Å². The first-order chi connectivity index (χ1) is 12.0. The van der Waals surface area contributed by atoms with Crippen molar-refractivity contribution in [3.63, 3.8) is 0 Å². The summed E-state index contributed by atoms with van der Waals surface area (Å²) < 4.78 is 5.33. The Balaban J connectivity index is 1.89. The molecule has 1 aromatic carbocycles. The zero-order valence-electron chi connectivity index (χ0n) is 15.4. The molecule has 1 aliphatic rings. The number of nitrogens with zero attached hydrogens (tertiary/aromatic N) is 2.